The van der Waals surface area contributed by atoms with Crippen LogP contribution in [0.5, 0.6) is 5.75 Å². The molecule has 1 aromatic carbocycles. The van der Waals surface area contributed by atoms with E-state index in [1.54, 1.807) is 18.2 Å². The molecule has 1 aliphatic heterocycles. The number of piperidine rings is 1. The van der Waals surface area contributed by atoms with Crippen LogP contribution in [0.15, 0.2) is 36.5 Å². The fraction of sp³-hybridized carbons (Fsp3) is 0.444. The third-order valence-electron chi connectivity index (χ3n) is 4.19. The van der Waals surface area contributed by atoms with Gasteiger partial charge in [0.2, 0.25) is 0 Å². The highest BCUT2D eigenvalue weighted by molar-refractivity contribution is 5.92. The number of rotatable bonds is 6. The van der Waals surface area contributed by atoms with Crippen molar-refractivity contribution in [1.29, 1.82) is 0 Å². The molecule has 3 rings (SSSR count). The van der Waals surface area contributed by atoms with E-state index in [2.05, 4.69) is 15.7 Å². The maximum Gasteiger partial charge on any atom is 0.271 e. The molecule has 0 radical (unpaired) electrons. The van der Waals surface area contributed by atoms with Crippen LogP contribution in [0.1, 0.15) is 36.3 Å². The van der Waals surface area contributed by atoms with Crippen molar-refractivity contribution in [1.82, 2.24) is 20.4 Å². The number of benzene rings is 1. The third-order valence-corrected chi connectivity index (χ3v) is 4.19. The molecule has 0 aliphatic carbocycles. The van der Waals surface area contributed by atoms with Gasteiger partial charge in [0, 0.05) is 12.7 Å². The van der Waals surface area contributed by atoms with Crippen LogP contribution in [0.2, 0.25) is 0 Å². The summed E-state index contributed by atoms with van der Waals surface area (Å²) in [6.07, 6.45) is 3.80. The summed E-state index contributed by atoms with van der Waals surface area (Å²) in [5.41, 5.74) is 0.402. The average Bonchev–Trinajstić information content (AvgIpc) is 3.13. The number of carbonyl (C=O) groups excluding carboxylic acids is 1. The molecule has 2 aromatic rings. The molecule has 0 spiro atoms. The summed E-state index contributed by atoms with van der Waals surface area (Å²) in [7, 11) is 0. The van der Waals surface area contributed by atoms with Gasteiger partial charge in [-0.2, -0.15) is 5.10 Å². The van der Waals surface area contributed by atoms with Crippen LogP contribution in [0.3, 0.4) is 0 Å². The summed E-state index contributed by atoms with van der Waals surface area (Å²) in [5.74, 6) is 0.0337. The summed E-state index contributed by atoms with van der Waals surface area (Å²) in [4.78, 5) is 12.2. The first kappa shape index (κ1) is 17.4. The van der Waals surface area contributed by atoms with E-state index in [9.17, 15) is 9.18 Å². The number of carbonyl (C=O) groups is 1. The minimum Gasteiger partial charge on any atom is -0.489 e. The van der Waals surface area contributed by atoms with Gasteiger partial charge in [-0.3, -0.25) is 9.48 Å². The zero-order valence-electron chi connectivity index (χ0n) is 14.2. The number of aromatic nitrogens is 2. The van der Waals surface area contributed by atoms with Gasteiger partial charge >= 0.3 is 0 Å². The molecule has 7 heteroatoms. The Morgan fingerprint density at radius 2 is 2.24 bits per heavy atom. The fourth-order valence-corrected chi connectivity index (χ4v) is 2.84. The molecule has 1 aliphatic rings. The highest BCUT2D eigenvalue weighted by atomic mass is 19.1. The van der Waals surface area contributed by atoms with Gasteiger partial charge in [-0.05, 0) is 56.6 Å². The number of nitrogens with one attached hydrogen (secondary N) is 2. The van der Waals surface area contributed by atoms with Gasteiger partial charge in [-0.25, -0.2) is 4.39 Å². The van der Waals surface area contributed by atoms with Crippen molar-refractivity contribution in [3.8, 4) is 5.75 Å². The molecule has 0 bridgehead atoms. The maximum atomic E-state index is 12.9. The molecule has 6 nitrogen and oxygen atoms in total. The van der Waals surface area contributed by atoms with Gasteiger partial charge in [-0.15, -0.1) is 0 Å². The molecule has 2 atom stereocenters. The predicted octanol–water partition coefficient (Wildman–Crippen LogP) is 2.14. The number of halogens is 1. The monoisotopic (exact) mass is 346 g/mol. The molecule has 1 amide bonds. The molecule has 25 heavy (non-hydrogen) atoms. The lowest BCUT2D eigenvalue weighted by Gasteiger charge is -2.22. The van der Waals surface area contributed by atoms with Crippen molar-refractivity contribution >= 4 is 5.91 Å². The van der Waals surface area contributed by atoms with Crippen LogP contribution in [0.4, 0.5) is 4.39 Å². The Morgan fingerprint density at radius 3 is 2.96 bits per heavy atom. The molecule has 1 saturated heterocycles. The molecule has 1 fully saturated rings. The van der Waals surface area contributed by atoms with Gasteiger partial charge < -0.3 is 15.4 Å². The van der Waals surface area contributed by atoms with E-state index in [0.29, 0.717) is 24.0 Å². The van der Waals surface area contributed by atoms with Crippen molar-refractivity contribution in [3.63, 3.8) is 0 Å². The molecular weight excluding hydrogens is 323 g/mol. The molecule has 1 aromatic heterocycles. The Balaban J connectivity index is 1.48. The van der Waals surface area contributed by atoms with E-state index in [4.69, 9.17) is 4.74 Å². The van der Waals surface area contributed by atoms with E-state index < -0.39 is 0 Å². The minimum absolute atomic E-state index is 0.225. The zero-order valence-corrected chi connectivity index (χ0v) is 14.2. The molecule has 2 heterocycles. The second-order valence-corrected chi connectivity index (χ2v) is 6.27. The van der Waals surface area contributed by atoms with E-state index >= 15 is 0 Å². The van der Waals surface area contributed by atoms with Crippen molar-refractivity contribution in [2.24, 2.45) is 0 Å². The number of hydrogen-bond acceptors (Lipinski definition) is 4. The van der Waals surface area contributed by atoms with Crippen LogP contribution >= 0.6 is 0 Å². The van der Waals surface area contributed by atoms with Crippen molar-refractivity contribution < 1.29 is 13.9 Å². The zero-order chi connectivity index (χ0) is 17.6. The van der Waals surface area contributed by atoms with Crippen LogP contribution in [-0.4, -0.2) is 41.4 Å². The first-order valence-corrected chi connectivity index (χ1v) is 8.58. The summed E-state index contributed by atoms with van der Waals surface area (Å²) in [5, 5.41) is 10.5. The lowest BCUT2D eigenvalue weighted by molar-refractivity contribution is 0.0926. The van der Waals surface area contributed by atoms with Crippen molar-refractivity contribution in [2.75, 3.05) is 19.6 Å². The first-order valence-electron chi connectivity index (χ1n) is 8.58. The van der Waals surface area contributed by atoms with Gasteiger partial charge in [0.15, 0.2) is 0 Å². The summed E-state index contributed by atoms with van der Waals surface area (Å²) < 4.78 is 20.4. The molecular formula is C18H23FN4O2. The standard InChI is InChI=1S/C18H23FN4O2/c1-13(25-16-6-4-14(19)5-7-16)11-21-18(24)17-8-10-23(22-17)15-3-2-9-20-12-15/h4-8,10,13,15,20H,2-3,9,11-12H2,1H3,(H,21,24). The Hall–Kier alpha value is -2.41. The van der Waals surface area contributed by atoms with E-state index in [1.165, 1.54) is 12.1 Å². The summed E-state index contributed by atoms with van der Waals surface area (Å²) >= 11 is 0. The van der Waals surface area contributed by atoms with Gasteiger partial charge in [0.05, 0.1) is 12.6 Å². The Morgan fingerprint density at radius 1 is 1.44 bits per heavy atom. The van der Waals surface area contributed by atoms with Crippen molar-refractivity contribution in [2.45, 2.75) is 31.9 Å². The lowest BCUT2D eigenvalue weighted by atomic mass is 10.1. The number of hydrogen-bond donors (Lipinski definition) is 2. The topological polar surface area (TPSA) is 68.2 Å². The van der Waals surface area contributed by atoms with Crippen molar-refractivity contribution in [3.05, 3.63) is 48.0 Å². The summed E-state index contributed by atoms with van der Waals surface area (Å²) in [6, 6.07) is 7.84. The summed E-state index contributed by atoms with van der Waals surface area (Å²) in [6.45, 7) is 4.10. The van der Waals surface area contributed by atoms with E-state index in [0.717, 1.165) is 25.9 Å². The molecule has 2 N–H and O–H groups in total. The normalized spacial score (nSPS) is 18.6. The minimum atomic E-state index is -0.308. The smallest absolute Gasteiger partial charge is 0.271 e. The van der Waals surface area contributed by atoms with E-state index in [1.807, 2.05) is 17.8 Å². The van der Waals surface area contributed by atoms with Gasteiger partial charge in [-0.1, -0.05) is 0 Å². The van der Waals surface area contributed by atoms with Crippen LogP contribution in [0.25, 0.3) is 0 Å². The number of ether oxygens (including phenoxy) is 1. The van der Waals surface area contributed by atoms with Gasteiger partial charge in [0.1, 0.15) is 23.4 Å². The maximum absolute atomic E-state index is 12.9. The second kappa shape index (κ2) is 8.11. The van der Waals surface area contributed by atoms with Crippen LogP contribution in [0, 0.1) is 5.82 Å². The van der Waals surface area contributed by atoms with E-state index in [-0.39, 0.29) is 17.8 Å². The second-order valence-electron chi connectivity index (χ2n) is 6.27. The van der Waals surface area contributed by atoms with Crippen LogP contribution < -0.4 is 15.4 Å². The third kappa shape index (κ3) is 4.79. The molecule has 134 valence electrons. The van der Waals surface area contributed by atoms with Gasteiger partial charge in [0.25, 0.3) is 5.91 Å². The lowest BCUT2D eigenvalue weighted by Crippen LogP contribution is -2.34. The number of amides is 1. The Kier molecular flexibility index (Phi) is 5.65. The quantitative estimate of drug-likeness (QED) is 0.841. The SMILES string of the molecule is CC(CNC(=O)c1ccn(C2CCCNC2)n1)Oc1ccc(F)cc1. The predicted molar refractivity (Wildman–Crippen MR) is 92.2 cm³/mol. The Labute approximate surface area is 146 Å². The largest absolute Gasteiger partial charge is 0.489 e. The Bertz CT molecular complexity index is 695. The highest BCUT2D eigenvalue weighted by Crippen LogP contribution is 2.16. The molecule has 0 saturated carbocycles. The first-order chi connectivity index (χ1) is 12.1. The molecule has 2 unspecified atom stereocenters. The number of nitrogens with zero attached hydrogens (tertiary/aromatic N) is 2. The fourth-order valence-electron chi connectivity index (χ4n) is 2.84. The highest BCUT2D eigenvalue weighted by Gasteiger charge is 2.18. The van der Waals surface area contributed by atoms with Crippen LogP contribution in [-0.2, 0) is 0 Å². The average molecular weight is 346 g/mol.